The number of anilines is 3. The van der Waals surface area contributed by atoms with E-state index in [0.29, 0.717) is 30.2 Å². The molecule has 150 valence electrons. The van der Waals surface area contributed by atoms with Crippen molar-refractivity contribution < 1.29 is 4.79 Å². The molecule has 29 heavy (non-hydrogen) atoms. The van der Waals surface area contributed by atoms with Gasteiger partial charge in [-0.1, -0.05) is 0 Å². The van der Waals surface area contributed by atoms with E-state index in [-0.39, 0.29) is 11.3 Å². The molecular formula is C20H24N8O. The van der Waals surface area contributed by atoms with Gasteiger partial charge in [0, 0.05) is 37.9 Å². The number of aromatic nitrogens is 5. The van der Waals surface area contributed by atoms with Gasteiger partial charge < -0.3 is 20.1 Å². The molecule has 1 atom stereocenters. The standard InChI is InChI=1S/C20H24N8O/c1-13(2)28-12-24-14-10-23-17(9-15(14)28)25-16-3-6-22-19(26-16)27-8-5-20(11-27)4-7-21-18(20)29/h3,6,9-10,12-13H,4-5,7-8,11H2,1-2H3,(H,21,29)(H,22,23,25,26). The van der Waals surface area contributed by atoms with Crippen molar-refractivity contribution in [2.75, 3.05) is 29.9 Å². The quantitative estimate of drug-likeness (QED) is 0.702. The maximum atomic E-state index is 12.2. The molecule has 2 saturated heterocycles. The normalized spacial score (nSPS) is 21.5. The zero-order chi connectivity index (χ0) is 20.0. The molecule has 9 nitrogen and oxygen atoms in total. The molecule has 9 heteroatoms. The van der Waals surface area contributed by atoms with Crippen LogP contribution in [-0.2, 0) is 4.79 Å². The van der Waals surface area contributed by atoms with E-state index in [0.717, 1.165) is 37.0 Å². The highest BCUT2D eigenvalue weighted by Gasteiger charge is 2.47. The minimum absolute atomic E-state index is 0.161. The molecule has 1 amide bonds. The molecule has 2 N–H and O–H groups in total. The Morgan fingerprint density at radius 1 is 1.21 bits per heavy atom. The Kier molecular flexibility index (Phi) is 4.11. The molecule has 1 spiro atoms. The van der Waals surface area contributed by atoms with Crippen LogP contribution in [0.15, 0.2) is 30.9 Å². The van der Waals surface area contributed by atoms with Crippen molar-refractivity contribution in [2.45, 2.75) is 32.7 Å². The largest absolute Gasteiger partial charge is 0.356 e. The Bertz CT molecular complexity index is 1080. The van der Waals surface area contributed by atoms with E-state index in [1.54, 1.807) is 12.4 Å². The van der Waals surface area contributed by atoms with Crippen LogP contribution >= 0.6 is 0 Å². The number of rotatable bonds is 4. The Morgan fingerprint density at radius 3 is 2.90 bits per heavy atom. The van der Waals surface area contributed by atoms with Crippen LogP contribution in [0.4, 0.5) is 17.6 Å². The van der Waals surface area contributed by atoms with Crippen LogP contribution in [0.1, 0.15) is 32.7 Å². The van der Waals surface area contributed by atoms with Crippen LogP contribution < -0.4 is 15.5 Å². The Morgan fingerprint density at radius 2 is 2.10 bits per heavy atom. The van der Waals surface area contributed by atoms with Crippen molar-refractivity contribution in [3.8, 4) is 0 Å². The van der Waals surface area contributed by atoms with Crippen molar-refractivity contribution >= 4 is 34.5 Å². The highest BCUT2D eigenvalue weighted by Crippen LogP contribution is 2.38. The van der Waals surface area contributed by atoms with Crippen LogP contribution in [0.3, 0.4) is 0 Å². The number of hydrogen-bond donors (Lipinski definition) is 2. The first kappa shape index (κ1) is 17.8. The van der Waals surface area contributed by atoms with Gasteiger partial charge in [0.15, 0.2) is 0 Å². The summed E-state index contributed by atoms with van der Waals surface area (Å²) in [5.74, 6) is 2.18. The molecule has 0 saturated carbocycles. The van der Waals surface area contributed by atoms with Gasteiger partial charge in [0.2, 0.25) is 11.9 Å². The highest BCUT2D eigenvalue weighted by atomic mass is 16.2. The predicted octanol–water partition coefficient (Wildman–Crippen LogP) is 2.26. The summed E-state index contributed by atoms with van der Waals surface area (Å²) in [6.45, 7) is 6.46. The molecule has 0 aliphatic carbocycles. The van der Waals surface area contributed by atoms with Gasteiger partial charge in [-0.2, -0.15) is 4.98 Å². The fraction of sp³-hybridized carbons (Fsp3) is 0.450. The Balaban J connectivity index is 1.37. The van der Waals surface area contributed by atoms with E-state index in [1.807, 2.05) is 18.5 Å². The van der Waals surface area contributed by atoms with Gasteiger partial charge in [0.05, 0.1) is 23.5 Å². The second-order valence-corrected chi connectivity index (χ2v) is 8.13. The van der Waals surface area contributed by atoms with Gasteiger partial charge in [-0.25, -0.2) is 15.0 Å². The van der Waals surface area contributed by atoms with E-state index in [1.165, 1.54) is 0 Å². The van der Waals surface area contributed by atoms with Crippen molar-refractivity contribution in [3.05, 3.63) is 30.9 Å². The van der Waals surface area contributed by atoms with Crippen molar-refractivity contribution in [1.29, 1.82) is 0 Å². The smallest absolute Gasteiger partial charge is 0.228 e. The zero-order valence-corrected chi connectivity index (χ0v) is 16.6. The molecule has 0 aromatic carbocycles. The molecule has 3 aromatic heterocycles. The molecule has 2 fully saturated rings. The van der Waals surface area contributed by atoms with Gasteiger partial charge in [0.25, 0.3) is 0 Å². The van der Waals surface area contributed by atoms with Gasteiger partial charge in [0.1, 0.15) is 17.2 Å². The number of nitrogens with one attached hydrogen (secondary N) is 2. The summed E-state index contributed by atoms with van der Waals surface area (Å²) in [6, 6.07) is 4.12. The lowest BCUT2D eigenvalue weighted by Gasteiger charge is -2.21. The number of nitrogens with zero attached hydrogens (tertiary/aromatic N) is 6. The van der Waals surface area contributed by atoms with Gasteiger partial charge in [-0.3, -0.25) is 4.79 Å². The number of carbonyl (C=O) groups excluding carboxylic acids is 1. The SMILES string of the molecule is CC(C)n1cnc2cnc(Nc3ccnc(N4CCC5(CCNC5=O)C4)n3)cc21. The second kappa shape index (κ2) is 6.68. The van der Waals surface area contributed by atoms with Crippen LogP contribution in [0.5, 0.6) is 0 Å². The number of pyridine rings is 1. The fourth-order valence-electron chi connectivity index (χ4n) is 4.26. The average Bonchev–Trinajstić information content (AvgIpc) is 3.42. The lowest BCUT2D eigenvalue weighted by Crippen LogP contribution is -2.34. The van der Waals surface area contributed by atoms with E-state index in [9.17, 15) is 4.79 Å². The number of imidazole rings is 1. The summed E-state index contributed by atoms with van der Waals surface area (Å²) in [5.41, 5.74) is 1.61. The number of carbonyl (C=O) groups is 1. The van der Waals surface area contributed by atoms with Crippen LogP contribution in [0.25, 0.3) is 11.0 Å². The molecule has 5 heterocycles. The Labute approximate surface area is 168 Å². The van der Waals surface area contributed by atoms with Crippen molar-refractivity contribution in [1.82, 2.24) is 29.8 Å². The van der Waals surface area contributed by atoms with E-state index in [2.05, 4.69) is 53.9 Å². The maximum Gasteiger partial charge on any atom is 0.228 e. The second-order valence-electron chi connectivity index (χ2n) is 8.13. The summed E-state index contributed by atoms with van der Waals surface area (Å²) in [4.78, 5) is 32.3. The van der Waals surface area contributed by atoms with Gasteiger partial charge in [-0.15, -0.1) is 0 Å². The third-order valence-corrected chi connectivity index (χ3v) is 5.92. The minimum atomic E-state index is -0.283. The molecule has 2 aliphatic heterocycles. The molecule has 0 radical (unpaired) electrons. The molecule has 2 aliphatic rings. The molecule has 3 aromatic rings. The van der Waals surface area contributed by atoms with E-state index in [4.69, 9.17) is 0 Å². The summed E-state index contributed by atoms with van der Waals surface area (Å²) in [7, 11) is 0. The number of hydrogen-bond acceptors (Lipinski definition) is 7. The van der Waals surface area contributed by atoms with Crippen LogP contribution in [-0.4, -0.2) is 50.0 Å². The fourth-order valence-corrected chi connectivity index (χ4v) is 4.26. The molecule has 5 rings (SSSR count). The average molecular weight is 392 g/mol. The minimum Gasteiger partial charge on any atom is -0.356 e. The maximum absolute atomic E-state index is 12.2. The van der Waals surface area contributed by atoms with E-state index < -0.39 is 0 Å². The Hall–Kier alpha value is -3.23. The van der Waals surface area contributed by atoms with Crippen LogP contribution in [0.2, 0.25) is 0 Å². The van der Waals surface area contributed by atoms with Crippen molar-refractivity contribution in [2.24, 2.45) is 5.41 Å². The third kappa shape index (κ3) is 3.06. The first-order valence-electron chi connectivity index (χ1n) is 10.00. The molecule has 0 bridgehead atoms. The van der Waals surface area contributed by atoms with Crippen molar-refractivity contribution in [3.63, 3.8) is 0 Å². The molecular weight excluding hydrogens is 368 g/mol. The van der Waals surface area contributed by atoms with Crippen LogP contribution in [0, 0.1) is 5.41 Å². The number of amides is 1. The first-order valence-corrected chi connectivity index (χ1v) is 10.00. The van der Waals surface area contributed by atoms with E-state index >= 15 is 0 Å². The highest BCUT2D eigenvalue weighted by molar-refractivity contribution is 5.86. The number of fused-ring (bicyclic) bond motifs is 1. The first-order chi connectivity index (χ1) is 14.0. The van der Waals surface area contributed by atoms with Gasteiger partial charge in [-0.05, 0) is 32.8 Å². The summed E-state index contributed by atoms with van der Waals surface area (Å²) in [6.07, 6.45) is 7.07. The summed E-state index contributed by atoms with van der Waals surface area (Å²) in [5, 5.41) is 6.24. The lowest BCUT2D eigenvalue weighted by molar-refractivity contribution is -0.126. The topological polar surface area (TPSA) is 101 Å². The lowest BCUT2D eigenvalue weighted by atomic mass is 9.86. The third-order valence-electron chi connectivity index (χ3n) is 5.92. The zero-order valence-electron chi connectivity index (χ0n) is 16.6. The molecule has 1 unspecified atom stereocenters. The monoisotopic (exact) mass is 392 g/mol. The summed E-state index contributed by atoms with van der Waals surface area (Å²) >= 11 is 0. The van der Waals surface area contributed by atoms with Gasteiger partial charge >= 0.3 is 0 Å². The predicted molar refractivity (Wildman–Crippen MR) is 110 cm³/mol. The summed E-state index contributed by atoms with van der Waals surface area (Å²) < 4.78 is 2.12.